The molecule has 0 radical (unpaired) electrons. The number of amides is 2. The average molecular weight is 749 g/mol. The third kappa shape index (κ3) is 6.44. The minimum Gasteiger partial charge on any atom is -0.395 e. The summed E-state index contributed by atoms with van der Waals surface area (Å²) in [6.45, 7) is 2.15. The highest BCUT2D eigenvalue weighted by Gasteiger charge is 2.52. The van der Waals surface area contributed by atoms with E-state index >= 15 is 0 Å². The molecule has 56 heavy (non-hydrogen) atoms. The number of nitrogens with one attached hydrogen (secondary N) is 2. The van der Waals surface area contributed by atoms with Crippen LogP contribution < -0.4 is 16.0 Å². The first kappa shape index (κ1) is 36.2. The van der Waals surface area contributed by atoms with Gasteiger partial charge in [-0.3, -0.25) is 29.4 Å². The van der Waals surface area contributed by atoms with Crippen molar-refractivity contribution in [3.05, 3.63) is 171 Å². The van der Waals surface area contributed by atoms with E-state index in [4.69, 9.17) is 0 Å². The summed E-state index contributed by atoms with van der Waals surface area (Å²) in [5, 5.41) is 29.5. The Bertz CT molecular complexity index is 2730. The molecule has 0 saturated carbocycles. The number of hydrogen-bond donors (Lipinski definition) is 4. The highest BCUT2D eigenvalue weighted by Crippen LogP contribution is 2.46. The molecule has 5 aromatic carbocycles. The molecule has 0 unspecified atom stereocenters. The van der Waals surface area contributed by atoms with Crippen LogP contribution in [0, 0.1) is 5.92 Å². The van der Waals surface area contributed by atoms with E-state index in [-0.39, 0.29) is 43.1 Å². The summed E-state index contributed by atoms with van der Waals surface area (Å²) in [6.07, 6.45) is 3.30. The lowest BCUT2D eigenvalue weighted by molar-refractivity contribution is -0.139. The first-order valence-corrected chi connectivity index (χ1v) is 18.4. The number of aliphatic hydroxyl groups is 2. The van der Waals surface area contributed by atoms with Crippen LogP contribution in [0.4, 0.5) is 5.69 Å². The van der Waals surface area contributed by atoms with E-state index in [0.29, 0.717) is 45.5 Å². The van der Waals surface area contributed by atoms with Gasteiger partial charge in [0.05, 0.1) is 52.0 Å². The first-order chi connectivity index (χ1) is 27.2. The Kier molecular flexibility index (Phi) is 9.59. The van der Waals surface area contributed by atoms with Gasteiger partial charge in [-0.25, -0.2) is 9.36 Å². The van der Waals surface area contributed by atoms with Gasteiger partial charge in [0.1, 0.15) is 0 Å². The number of fused-ring (bicyclic) bond motifs is 3. The van der Waals surface area contributed by atoms with Crippen molar-refractivity contribution in [3.8, 4) is 11.4 Å². The first-order valence-electron chi connectivity index (χ1n) is 18.4. The Morgan fingerprint density at radius 1 is 0.768 bits per heavy atom. The molecule has 0 aliphatic carbocycles. The summed E-state index contributed by atoms with van der Waals surface area (Å²) >= 11 is 0. The number of aromatic amines is 2. The smallest absolute Gasteiger partial charge is 0.279 e. The second kappa shape index (κ2) is 14.8. The molecule has 0 saturated heterocycles. The molecule has 0 bridgehead atoms. The van der Waals surface area contributed by atoms with Crippen molar-refractivity contribution in [3.63, 3.8) is 0 Å². The second-order valence-corrected chi connectivity index (χ2v) is 14.1. The second-order valence-electron chi connectivity index (χ2n) is 14.1. The minimum atomic E-state index is -2.05. The quantitative estimate of drug-likeness (QED) is 0.125. The fraction of sp³-hybridized carbons (Fsp3) is 0.182. The molecule has 12 nitrogen and oxygen atoms in total. The van der Waals surface area contributed by atoms with Gasteiger partial charge < -0.3 is 20.0 Å². The van der Waals surface area contributed by atoms with Crippen molar-refractivity contribution < 1.29 is 19.8 Å². The Labute approximate surface area is 321 Å². The molecule has 1 aliphatic heterocycles. The maximum atomic E-state index is 14.5. The number of hydrogen-bond acceptors (Lipinski definition) is 6. The number of rotatable bonds is 12. The van der Waals surface area contributed by atoms with Crippen LogP contribution >= 0.6 is 0 Å². The Hall–Kier alpha value is -6.76. The molecule has 7 aromatic rings. The van der Waals surface area contributed by atoms with Gasteiger partial charge in [-0.15, -0.1) is 0 Å². The number of carbonyl (C=O) groups is 2. The van der Waals surface area contributed by atoms with Gasteiger partial charge in [0.15, 0.2) is 5.60 Å². The maximum absolute atomic E-state index is 14.5. The van der Waals surface area contributed by atoms with Gasteiger partial charge >= 0.3 is 0 Å². The standard InChI is InChI=1S/C44H40N6O6/c1-29(10-9-17-40(52)47(24-25-51)27-30-11-3-2-4-12-30)44(56)36-26-33(50-42(54)35-14-6-8-16-38(35)46-50)22-23-39(36)48(43(44)55)28-31-18-20-32(21-19-31)49-41(53)34-13-5-7-15-37(34)45-49/h2-16,18-23,26,29,45-46,51,56H,17,24-25,27-28H2,1H3/b10-9+/t29-,44+/m1/s1. The number of para-hydroxylation sites is 2. The fourth-order valence-corrected chi connectivity index (χ4v) is 7.50. The average Bonchev–Trinajstić information content (AvgIpc) is 3.82. The van der Waals surface area contributed by atoms with Crippen molar-refractivity contribution in [2.24, 2.45) is 5.92 Å². The molecule has 4 N–H and O–H groups in total. The van der Waals surface area contributed by atoms with Crippen molar-refractivity contribution in [1.29, 1.82) is 0 Å². The van der Waals surface area contributed by atoms with Crippen LogP contribution in [-0.2, 0) is 28.3 Å². The lowest BCUT2D eigenvalue weighted by Crippen LogP contribution is -2.44. The van der Waals surface area contributed by atoms with E-state index in [0.717, 1.165) is 16.6 Å². The van der Waals surface area contributed by atoms with Gasteiger partial charge in [0.25, 0.3) is 17.0 Å². The predicted molar refractivity (Wildman–Crippen MR) is 215 cm³/mol. The number of anilines is 1. The van der Waals surface area contributed by atoms with Gasteiger partial charge in [0, 0.05) is 31.0 Å². The molecular formula is C44H40N6O6. The van der Waals surface area contributed by atoms with E-state index in [1.807, 2.05) is 66.7 Å². The molecule has 282 valence electrons. The van der Waals surface area contributed by atoms with Crippen LogP contribution in [0.3, 0.4) is 0 Å². The van der Waals surface area contributed by atoms with Crippen LogP contribution in [0.15, 0.2) is 143 Å². The lowest BCUT2D eigenvalue weighted by Gasteiger charge is -2.28. The number of nitrogens with zero attached hydrogens (tertiary/aromatic N) is 4. The fourth-order valence-electron chi connectivity index (χ4n) is 7.50. The predicted octanol–water partition coefficient (Wildman–Crippen LogP) is 5.29. The summed E-state index contributed by atoms with van der Waals surface area (Å²) in [5.74, 6) is -1.56. The highest BCUT2D eigenvalue weighted by atomic mass is 16.3. The van der Waals surface area contributed by atoms with Crippen LogP contribution in [0.25, 0.3) is 33.2 Å². The highest BCUT2D eigenvalue weighted by molar-refractivity contribution is 6.07. The number of benzene rings is 5. The number of H-pyrrole nitrogens is 2. The molecule has 8 rings (SSSR count). The van der Waals surface area contributed by atoms with Crippen LogP contribution in [0.2, 0.25) is 0 Å². The van der Waals surface area contributed by atoms with Crippen molar-refractivity contribution in [1.82, 2.24) is 24.5 Å². The van der Waals surface area contributed by atoms with Crippen LogP contribution in [-0.4, -0.2) is 59.6 Å². The molecule has 2 atom stereocenters. The molecule has 1 aliphatic rings. The Morgan fingerprint density at radius 3 is 1.98 bits per heavy atom. The molecule has 12 heteroatoms. The summed E-state index contributed by atoms with van der Waals surface area (Å²) in [5.41, 5.74) is 2.43. The zero-order chi connectivity index (χ0) is 39.0. The van der Waals surface area contributed by atoms with Crippen molar-refractivity contribution in [2.45, 2.75) is 32.0 Å². The lowest BCUT2D eigenvalue weighted by atomic mass is 9.82. The van der Waals surface area contributed by atoms with Gasteiger partial charge in [-0.1, -0.05) is 85.8 Å². The number of aromatic nitrogens is 4. The molecule has 2 amide bonds. The van der Waals surface area contributed by atoms with Gasteiger partial charge in [-0.2, -0.15) is 0 Å². The largest absolute Gasteiger partial charge is 0.395 e. The zero-order valence-corrected chi connectivity index (χ0v) is 30.6. The van der Waals surface area contributed by atoms with E-state index < -0.39 is 17.4 Å². The third-order valence-corrected chi connectivity index (χ3v) is 10.5. The molecule has 0 fully saturated rings. The third-order valence-electron chi connectivity index (χ3n) is 10.5. The summed E-state index contributed by atoms with van der Waals surface area (Å²) in [4.78, 5) is 57.4. The summed E-state index contributed by atoms with van der Waals surface area (Å²) in [6, 6.07) is 36.3. The normalized spacial score (nSPS) is 15.9. The van der Waals surface area contributed by atoms with Crippen LogP contribution in [0.1, 0.15) is 30.0 Å². The summed E-state index contributed by atoms with van der Waals surface area (Å²) in [7, 11) is 0. The topological polar surface area (TPSA) is 157 Å². The SMILES string of the molecule is C[C@H](/C=C/CC(=O)N(CCO)Cc1ccccc1)[C@@]1(O)C(=O)N(Cc2ccc(-n3[nH]c4ccccc4c3=O)cc2)c2ccc(-n3[nH]c4ccccc4c3=O)cc21. The Morgan fingerprint density at radius 2 is 1.36 bits per heavy atom. The Balaban J connectivity index is 1.10. The van der Waals surface area contributed by atoms with E-state index in [2.05, 4.69) is 10.2 Å². The summed E-state index contributed by atoms with van der Waals surface area (Å²) < 4.78 is 2.87. The van der Waals surface area contributed by atoms with Gasteiger partial charge in [0.2, 0.25) is 5.91 Å². The maximum Gasteiger partial charge on any atom is 0.279 e. The van der Waals surface area contributed by atoms with Crippen molar-refractivity contribution in [2.75, 3.05) is 18.1 Å². The van der Waals surface area contributed by atoms with E-state index in [1.165, 1.54) is 14.3 Å². The minimum absolute atomic E-state index is 0.00563. The molecule has 3 heterocycles. The van der Waals surface area contributed by atoms with E-state index in [9.17, 15) is 29.4 Å². The van der Waals surface area contributed by atoms with Gasteiger partial charge in [-0.05, 0) is 65.7 Å². The molecule has 2 aromatic heterocycles. The number of carbonyl (C=O) groups excluding carboxylic acids is 2. The molecule has 0 spiro atoms. The van der Waals surface area contributed by atoms with Crippen molar-refractivity contribution >= 4 is 39.3 Å². The van der Waals surface area contributed by atoms with Crippen LogP contribution in [0.5, 0.6) is 0 Å². The van der Waals surface area contributed by atoms with E-state index in [1.54, 1.807) is 78.6 Å². The molecular weight excluding hydrogens is 709 g/mol. The number of aliphatic hydroxyl groups excluding tert-OH is 1. The monoisotopic (exact) mass is 748 g/mol. The zero-order valence-electron chi connectivity index (χ0n) is 30.6.